The number of phenolic OH excluding ortho intramolecular Hbond substituents is 1. The summed E-state index contributed by atoms with van der Waals surface area (Å²) >= 11 is 0. The third kappa shape index (κ3) is 7.66. The Hall–Kier alpha value is -1.22. The van der Waals surface area contributed by atoms with Crippen LogP contribution in [0.5, 0.6) is 5.75 Å². The highest BCUT2D eigenvalue weighted by Crippen LogP contribution is 2.62. The number of alkyl halides is 5. The van der Waals surface area contributed by atoms with Crippen molar-refractivity contribution in [1.82, 2.24) is 0 Å². The van der Waals surface area contributed by atoms with E-state index in [0.29, 0.717) is 41.6 Å². The van der Waals surface area contributed by atoms with Gasteiger partial charge in [-0.1, -0.05) is 51.5 Å². The molecule has 0 amide bonds. The van der Waals surface area contributed by atoms with Gasteiger partial charge in [0.1, 0.15) is 5.75 Å². The smallest absolute Gasteiger partial charge is 0.453 e. The first-order chi connectivity index (χ1) is 19.3. The molecule has 0 spiro atoms. The molecule has 1 aromatic carbocycles. The molecule has 6 unspecified atom stereocenters. The highest BCUT2D eigenvalue weighted by atomic mass is 32.2. The summed E-state index contributed by atoms with van der Waals surface area (Å²) in [6, 6.07) is 5.92. The van der Waals surface area contributed by atoms with Crippen molar-refractivity contribution in [3.8, 4) is 5.75 Å². The van der Waals surface area contributed by atoms with E-state index in [1.165, 1.54) is 11.1 Å². The van der Waals surface area contributed by atoms with Crippen LogP contribution >= 0.6 is 0 Å². The average molecular weight is 607 g/mol. The van der Waals surface area contributed by atoms with Gasteiger partial charge in [-0.2, -0.15) is 22.0 Å². The molecule has 3 aliphatic rings. The van der Waals surface area contributed by atoms with Crippen LogP contribution in [0.1, 0.15) is 114 Å². The number of fused-ring (bicyclic) bond motifs is 5. The molecule has 0 aliphatic heterocycles. The summed E-state index contributed by atoms with van der Waals surface area (Å²) in [5.41, 5.74) is 2.73. The molecule has 4 rings (SSSR count). The Morgan fingerprint density at radius 1 is 0.927 bits per heavy atom. The Labute approximate surface area is 244 Å². The summed E-state index contributed by atoms with van der Waals surface area (Å²) in [5.74, 6) is -1.91. The molecule has 7 atom stereocenters. The van der Waals surface area contributed by atoms with Crippen LogP contribution in [-0.2, 0) is 17.2 Å². The fourth-order valence-electron chi connectivity index (χ4n) is 8.28. The van der Waals surface area contributed by atoms with E-state index >= 15 is 0 Å². The van der Waals surface area contributed by atoms with Crippen LogP contribution in [0.4, 0.5) is 22.0 Å². The highest BCUT2D eigenvalue weighted by Gasteiger charge is 2.57. The van der Waals surface area contributed by atoms with Crippen molar-refractivity contribution in [2.45, 2.75) is 127 Å². The van der Waals surface area contributed by atoms with Crippen molar-refractivity contribution in [3.05, 3.63) is 29.3 Å². The first-order valence-corrected chi connectivity index (χ1v) is 17.1. The number of phenols is 1. The topological polar surface area (TPSA) is 57.5 Å². The van der Waals surface area contributed by atoms with E-state index < -0.39 is 35.7 Å². The van der Waals surface area contributed by atoms with Crippen LogP contribution in [0.2, 0.25) is 0 Å². The second kappa shape index (κ2) is 13.6. The van der Waals surface area contributed by atoms with Gasteiger partial charge in [-0.3, -0.25) is 4.21 Å². The monoisotopic (exact) mass is 606 g/mol. The number of hydrogen-bond donors (Lipinski definition) is 2. The molecule has 3 aliphatic carbocycles. The number of hydrogen-bond acceptors (Lipinski definition) is 3. The summed E-state index contributed by atoms with van der Waals surface area (Å²) in [4.78, 5) is 0. The lowest BCUT2D eigenvalue weighted by Gasteiger charge is -2.53. The largest absolute Gasteiger partial charge is 0.508 e. The van der Waals surface area contributed by atoms with Gasteiger partial charge in [0.25, 0.3) is 0 Å². The molecule has 0 bridgehead atoms. The molecule has 9 heteroatoms. The molecule has 2 N–H and O–H groups in total. The average Bonchev–Trinajstić information content (AvgIpc) is 3.20. The molecule has 2 fully saturated rings. The zero-order chi connectivity index (χ0) is 29.8. The molecule has 1 aromatic rings. The number of unbranched alkanes of at least 4 members (excludes halogenated alkanes) is 6. The number of aliphatic hydroxyl groups is 1. The van der Waals surface area contributed by atoms with E-state index in [0.717, 1.165) is 77.0 Å². The number of rotatable bonds is 14. The van der Waals surface area contributed by atoms with Crippen LogP contribution in [0, 0.1) is 23.2 Å². The fraction of sp³-hybridized carbons (Fsp3) is 0.812. The summed E-state index contributed by atoms with van der Waals surface area (Å²) in [6.07, 6.45) is 5.97. The van der Waals surface area contributed by atoms with Crippen molar-refractivity contribution in [3.63, 3.8) is 0 Å². The zero-order valence-corrected chi connectivity index (χ0v) is 25.1. The SMILES string of the molecule is CC12CCC3c4ccc(O)cc4CC(CCCCCCCCCS(=O)CCCC(F)(F)C(F)(F)F)C3C1CC[C@@H]2O. The van der Waals surface area contributed by atoms with Gasteiger partial charge < -0.3 is 10.2 Å². The number of benzene rings is 1. The quantitative estimate of drug-likeness (QED) is 0.165. The van der Waals surface area contributed by atoms with Crippen molar-refractivity contribution in [1.29, 1.82) is 0 Å². The van der Waals surface area contributed by atoms with E-state index in [4.69, 9.17) is 0 Å². The fourth-order valence-corrected chi connectivity index (χ4v) is 9.48. The summed E-state index contributed by atoms with van der Waals surface area (Å²) in [6.45, 7) is 2.30. The Morgan fingerprint density at radius 2 is 1.59 bits per heavy atom. The molecule has 2 saturated carbocycles. The van der Waals surface area contributed by atoms with Crippen LogP contribution in [0.15, 0.2) is 18.2 Å². The minimum atomic E-state index is -5.54. The van der Waals surface area contributed by atoms with E-state index in [9.17, 15) is 36.4 Å². The third-order valence-electron chi connectivity index (χ3n) is 10.6. The first-order valence-electron chi connectivity index (χ1n) is 15.6. The van der Waals surface area contributed by atoms with Gasteiger partial charge in [0.15, 0.2) is 0 Å². The van der Waals surface area contributed by atoms with E-state index in [2.05, 4.69) is 13.0 Å². The zero-order valence-electron chi connectivity index (χ0n) is 24.2. The maximum Gasteiger partial charge on any atom is 0.453 e. The maximum atomic E-state index is 13.0. The van der Waals surface area contributed by atoms with Gasteiger partial charge in [0, 0.05) is 28.7 Å². The summed E-state index contributed by atoms with van der Waals surface area (Å²) < 4.78 is 74.5. The van der Waals surface area contributed by atoms with Crippen molar-refractivity contribution in [2.24, 2.45) is 23.2 Å². The van der Waals surface area contributed by atoms with E-state index in [1.54, 1.807) is 0 Å². The molecule has 0 heterocycles. The molecule has 41 heavy (non-hydrogen) atoms. The first kappa shape index (κ1) is 32.7. The molecule has 0 aromatic heterocycles. The van der Waals surface area contributed by atoms with Gasteiger partial charge in [-0.15, -0.1) is 0 Å². The Balaban J connectivity index is 1.15. The van der Waals surface area contributed by atoms with Gasteiger partial charge in [0.2, 0.25) is 0 Å². The van der Waals surface area contributed by atoms with Gasteiger partial charge in [-0.25, -0.2) is 0 Å². The predicted molar refractivity (Wildman–Crippen MR) is 153 cm³/mol. The van der Waals surface area contributed by atoms with Crippen molar-refractivity contribution >= 4 is 10.8 Å². The Morgan fingerprint density at radius 3 is 2.29 bits per heavy atom. The number of aliphatic hydroxyl groups excluding tert-OH is 1. The Kier molecular flexibility index (Phi) is 10.8. The molecular formula is C32H47F5O3S. The van der Waals surface area contributed by atoms with Crippen LogP contribution < -0.4 is 0 Å². The van der Waals surface area contributed by atoms with E-state index in [-0.39, 0.29) is 17.3 Å². The molecule has 234 valence electrons. The summed E-state index contributed by atoms with van der Waals surface area (Å²) in [5, 5.41) is 21.0. The molecule has 0 saturated heterocycles. The highest BCUT2D eigenvalue weighted by molar-refractivity contribution is 7.84. The minimum Gasteiger partial charge on any atom is -0.508 e. The molecule has 0 radical (unpaired) electrons. The second-order valence-corrected chi connectivity index (χ2v) is 14.9. The van der Waals surface area contributed by atoms with Crippen LogP contribution in [-0.4, -0.2) is 44.1 Å². The standard InChI is InChI=1S/C32H47F5O3S/c1-30-17-15-26-25-12-11-24(38)21-23(25)20-22(29(26)27(30)13-14-28(30)39)10-7-5-3-2-4-6-8-18-41(40)19-9-16-31(33,34)32(35,36)37/h11-12,21-22,26-29,38-39H,2-10,13-20H2,1H3/t22?,26?,27?,28-,29?,30?,41?/m0/s1. The van der Waals surface area contributed by atoms with Gasteiger partial charge in [0.05, 0.1) is 6.10 Å². The number of halogens is 5. The van der Waals surface area contributed by atoms with Crippen LogP contribution in [0.25, 0.3) is 0 Å². The van der Waals surface area contributed by atoms with Gasteiger partial charge in [-0.05, 0) is 104 Å². The van der Waals surface area contributed by atoms with Gasteiger partial charge >= 0.3 is 12.1 Å². The second-order valence-electron chi connectivity index (χ2n) is 13.2. The van der Waals surface area contributed by atoms with Crippen molar-refractivity contribution < 1.29 is 36.4 Å². The predicted octanol–water partition coefficient (Wildman–Crippen LogP) is 8.68. The lowest BCUT2D eigenvalue weighted by Crippen LogP contribution is -2.47. The lowest BCUT2D eigenvalue weighted by atomic mass is 9.52. The summed E-state index contributed by atoms with van der Waals surface area (Å²) in [7, 11) is -1.35. The molecular weight excluding hydrogens is 559 g/mol. The lowest BCUT2D eigenvalue weighted by molar-refractivity contribution is -0.284. The van der Waals surface area contributed by atoms with Crippen molar-refractivity contribution in [2.75, 3.05) is 11.5 Å². The van der Waals surface area contributed by atoms with Crippen LogP contribution in [0.3, 0.4) is 0 Å². The van der Waals surface area contributed by atoms with E-state index in [1.807, 2.05) is 12.1 Å². The third-order valence-corrected chi connectivity index (χ3v) is 12.0. The minimum absolute atomic E-state index is 0.0195. The normalized spacial score (nSPS) is 30.5. The molecule has 3 nitrogen and oxygen atoms in total. The Bertz CT molecular complexity index is 1030. The number of aromatic hydroxyl groups is 1. The maximum absolute atomic E-state index is 13.0.